The number of nitrogens with two attached hydrogens (primary N) is 1. The van der Waals surface area contributed by atoms with E-state index in [0.29, 0.717) is 12.1 Å². The highest BCUT2D eigenvalue weighted by molar-refractivity contribution is 5.99. The molecule has 4 amide bonds. The number of amides is 4. The van der Waals surface area contributed by atoms with E-state index < -0.39 is 6.17 Å². The Morgan fingerprint density at radius 3 is 2.53 bits per heavy atom. The van der Waals surface area contributed by atoms with E-state index in [1.165, 1.54) is 9.80 Å². The summed E-state index contributed by atoms with van der Waals surface area (Å²) in [6.07, 6.45) is 3.89. The van der Waals surface area contributed by atoms with Crippen LogP contribution in [0.3, 0.4) is 0 Å². The van der Waals surface area contributed by atoms with Crippen molar-refractivity contribution in [2.75, 3.05) is 19.6 Å². The second-order valence-electron chi connectivity index (χ2n) is 8.03. The van der Waals surface area contributed by atoms with Crippen molar-refractivity contribution in [2.24, 2.45) is 5.73 Å². The van der Waals surface area contributed by atoms with Gasteiger partial charge >= 0.3 is 6.03 Å². The Kier molecular flexibility index (Phi) is 7.10. The normalized spacial score (nSPS) is 23.7. The third-order valence-electron chi connectivity index (χ3n) is 5.71. The standard InChI is InChI=1S/C22H31N5O3/c1-3-11-24-22(30)27-13-12-26(21(29)16-6-4-5-15(2)14-16)20(27)19(28)25-18-9-7-17(23)8-10-18/h3-6,14,17-18,20H,1,7-13,23H2,2H3,(H,24,30)(H,25,28). The molecule has 162 valence electrons. The second kappa shape index (κ2) is 9.75. The van der Waals surface area contributed by atoms with Gasteiger partial charge in [-0.2, -0.15) is 0 Å². The zero-order valence-corrected chi connectivity index (χ0v) is 17.5. The molecule has 30 heavy (non-hydrogen) atoms. The Morgan fingerprint density at radius 2 is 1.87 bits per heavy atom. The molecule has 3 rings (SSSR count). The predicted octanol–water partition coefficient (Wildman–Crippen LogP) is 1.36. The van der Waals surface area contributed by atoms with Crippen LogP contribution >= 0.6 is 0 Å². The van der Waals surface area contributed by atoms with Gasteiger partial charge in [0.25, 0.3) is 11.8 Å². The number of hydrogen-bond acceptors (Lipinski definition) is 4. The van der Waals surface area contributed by atoms with Crippen LogP contribution in [0.1, 0.15) is 41.6 Å². The second-order valence-corrected chi connectivity index (χ2v) is 8.03. The third-order valence-corrected chi connectivity index (χ3v) is 5.71. The molecule has 1 saturated heterocycles. The molecule has 1 aromatic rings. The zero-order chi connectivity index (χ0) is 21.7. The summed E-state index contributed by atoms with van der Waals surface area (Å²) in [4.78, 5) is 41.9. The summed E-state index contributed by atoms with van der Waals surface area (Å²) in [5.41, 5.74) is 7.42. The lowest BCUT2D eigenvalue weighted by Gasteiger charge is -2.32. The van der Waals surface area contributed by atoms with E-state index in [1.54, 1.807) is 18.2 Å². The minimum absolute atomic E-state index is 0.00640. The number of nitrogens with one attached hydrogen (secondary N) is 2. The van der Waals surface area contributed by atoms with Crippen LogP contribution < -0.4 is 16.4 Å². The maximum absolute atomic E-state index is 13.2. The van der Waals surface area contributed by atoms with Crippen molar-refractivity contribution in [2.45, 2.75) is 50.9 Å². The summed E-state index contributed by atoms with van der Waals surface area (Å²) in [6, 6.07) is 7.03. The minimum atomic E-state index is -0.988. The van der Waals surface area contributed by atoms with Crippen molar-refractivity contribution in [3.63, 3.8) is 0 Å². The predicted molar refractivity (Wildman–Crippen MR) is 115 cm³/mol. The lowest BCUT2D eigenvalue weighted by molar-refractivity contribution is -0.129. The van der Waals surface area contributed by atoms with Gasteiger partial charge in [0, 0.05) is 37.3 Å². The van der Waals surface area contributed by atoms with Crippen LogP contribution in [0.5, 0.6) is 0 Å². The molecule has 8 nitrogen and oxygen atoms in total. The quantitative estimate of drug-likeness (QED) is 0.634. The average Bonchev–Trinajstić information content (AvgIpc) is 3.18. The summed E-state index contributed by atoms with van der Waals surface area (Å²) in [5.74, 6) is -0.591. The Morgan fingerprint density at radius 1 is 1.17 bits per heavy atom. The summed E-state index contributed by atoms with van der Waals surface area (Å²) >= 11 is 0. The van der Waals surface area contributed by atoms with Crippen molar-refractivity contribution in [3.8, 4) is 0 Å². The van der Waals surface area contributed by atoms with Crippen LogP contribution in [0.25, 0.3) is 0 Å². The summed E-state index contributed by atoms with van der Waals surface area (Å²) < 4.78 is 0. The lowest BCUT2D eigenvalue weighted by Crippen LogP contribution is -2.57. The van der Waals surface area contributed by atoms with Crippen LogP contribution in [0, 0.1) is 6.92 Å². The molecule has 8 heteroatoms. The van der Waals surface area contributed by atoms with E-state index in [9.17, 15) is 14.4 Å². The number of carbonyl (C=O) groups excluding carboxylic acids is 3. The van der Waals surface area contributed by atoms with E-state index in [1.807, 2.05) is 19.1 Å². The van der Waals surface area contributed by atoms with Crippen LogP contribution in [0.4, 0.5) is 4.79 Å². The van der Waals surface area contributed by atoms with Crippen molar-refractivity contribution >= 4 is 17.8 Å². The van der Waals surface area contributed by atoms with Gasteiger partial charge in [-0.15, -0.1) is 6.58 Å². The van der Waals surface area contributed by atoms with Gasteiger partial charge in [-0.05, 0) is 44.7 Å². The average molecular weight is 414 g/mol. The molecule has 0 aromatic heterocycles. The Bertz CT molecular complexity index is 804. The summed E-state index contributed by atoms with van der Waals surface area (Å²) in [7, 11) is 0. The molecule has 1 aliphatic carbocycles. The zero-order valence-electron chi connectivity index (χ0n) is 17.5. The number of rotatable bonds is 5. The molecule has 2 fully saturated rings. The summed E-state index contributed by atoms with van der Waals surface area (Å²) in [6.45, 7) is 6.38. The molecule has 1 atom stereocenters. The third kappa shape index (κ3) is 4.99. The van der Waals surface area contributed by atoms with Gasteiger partial charge in [-0.25, -0.2) is 4.79 Å². The molecule has 0 spiro atoms. The SMILES string of the molecule is C=CCNC(=O)N1CCN(C(=O)c2cccc(C)c2)C1C(=O)NC1CCC(N)CC1. The fraction of sp³-hybridized carbons (Fsp3) is 0.500. The van der Waals surface area contributed by atoms with E-state index in [0.717, 1.165) is 31.2 Å². The Hall–Kier alpha value is -2.87. The van der Waals surface area contributed by atoms with Crippen LogP contribution in [-0.4, -0.2) is 65.5 Å². The molecule has 1 unspecified atom stereocenters. The van der Waals surface area contributed by atoms with Gasteiger partial charge in [0.05, 0.1) is 0 Å². The van der Waals surface area contributed by atoms with E-state index in [4.69, 9.17) is 5.73 Å². The number of benzene rings is 1. The molecule has 1 saturated carbocycles. The van der Waals surface area contributed by atoms with E-state index in [-0.39, 0.29) is 43.0 Å². The van der Waals surface area contributed by atoms with Crippen molar-refractivity contribution in [1.29, 1.82) is 0 Å². The van der Waals surface area contributed by atoms with Crippen LogP contribution in [0.2, 0.25) is 0 Å². The first-order valence-corrected chi connectivity index (χ1v) is 10.5. The van der Waals surface area contributed by atoms with Crippen molar-refractivity contribution < 1.29 is 14.4 Å². The number of carbonyl (C=O) groups is 3. The first-order chi connectivity index (χ1) is 14.4. The molecular weight excluding hydrogens is 382 g/mol. The van der Waals surface area contributed by atoms with Crippen molar-refractivity contribution in [3.05, 3.63) is 48.0 Å². The highest BCUT2D eigenvalue weighted by Gasteiger charge is 2.43. The maximum Gasteiger partial charge on any atom is 0.319 e. The van der Waals surface area contributed by atoms with E-state index >= 15 is 0 Å². The fourth-order valence-corrected chi connectivity index (χ4v) is 4.08. The maximum atomic E-state index is 13.2. The van der Waals surface area contributed by atoms with Gasteiger partial charge in [0.15, 0.2) is 6.17 Å². The fourth-order valence-electron chi connectivity index (χ4n) is 4.08. The first-order valence-electron chi connectivity index (χ1n) is 10.5. The van der Waals surface area contributed by atoms with Gasteiger partial charge in [-0.1, -0.05) is 23.8 Å². The molecule has 1 heterocycles. The Balaban J connectivity index is 1.80. The number of nitrogens with zero attached hydrogens (tertiary/aromatic N) is 2. The molecule has 0 bridgehead atoms. The van der Waals surface area contributed by atoms with Crippen molar-refractivity contribution in [1.82, 2.24) is 20.4 Å². The molecule has 1 aliphatic heterocycles. The van der Waals surface area contributed by atoms with Crippen LogP contribution in [0.15, 0.2) is 36.9 Å². The number of urea groups is 1. The van der Waals surface area contributed by atoms with Gasteiger partial charge in [0.2, 0.25) is 0 Å². The molecular formula is C22H31N5O3. The number of hydrogen-bond donors (Lipinski definition) is 3. The molecule has 4 N–H and O–H groups in total. The molecule has 1 aromatic carbocycles. The molecule has 0 radical (unpaired) electrons. The van der Waals surface area contributed by atoms with E-state index in [2.05, 4.69) is 17.2 Å². The van der Waals surface area contributed by atoms with Crippen LogP contribution in [-0.2, 0) is 4.79 Å². The van der Waals surface area contributed by atoms with Gasteiger partial charge in [-0.3, -0.25) is 14.5 Å². The topological polar surface area (TPSA) is 108 Å². The number of aryl methyl sites for hydroxylation is 1. The smallest absolute Gasteiger partial charge is 0.319 e. The minimum Gasteiger partial charge on any atom is -0.350 e. The first kappa shape index (κ1) is 21.8. The lowest BCUT2D eigenvalue weighted by atomic mass is 9.92. The summed E-state index contributed by atoms with van der Waals surface area (Å²) in [5, 5.41) is 5.75. The largest absolute Gasteiger partial charge is 0.350 e. The highest BCUT2D eigenvalue weighted by atomic mass is 16.2. The monoisotopic (exact) mass is 413 g/mol. The van der Waals surface area contributed by atoms with Gasteiger partial charge in [0.1, 0.15) is 0 Å². The van der Waals surface area contributed by atoms with Gasteiger partial charge < -0.3 is 21.3 Å². The highest BCUT2D eigenvalue weighted by Crippen LogP contribution is 2.22. The molecule has 2 aliphatic rings. The Labute approximate surface area is 177 Å².